The summed E-state index contributed by atoms with van der Waals surface area (Å²) < 4.78 is 30.6. The van der Waals surface area contributed by atoms with E-state index in [1.807, 2.05) is 18.2 Å². The molecular formula is C47H57N3O12. The number of phenolic OH excluding ortho intramolecular Hbond substituents is 1. The third kappa shape index (κ3) is 7.91. The summed E-state index contributed by atoms with van der Waals surface area (Å²) in [7, 11) is 1.46. The smallest absolute Gasteiger partial charge is 0.307 e. The maximum absolute atomic E-state index is 14.4. The zero-order valence-electron chi connectivity index (χ0n) is 36.6. The zero-order chi connectivity index (χ0) is 44.9. The predicted molar refractivity (Wildman–Crippen MR) is 233 cm³/mol. The number of methoxy groups -OCH3 is 1. The van der Waals surface area contributed by atoms with Crippen LogP contribution in [0, 0.1) is 30.6 Å². The molecule has 1 fully saturated rings. The number of hydrogen-bond donors (Lipinski definition) is 5. The number of benzene rings is 2. The number of aromatic hydroxyl groups is 1. The number of esters is 1. The number of nitrogens with one attached hydrogen (secondary N) is 1. The molecule has 4 bridgehead atoms. The summed E-state index contributed by atoms with van der Waals surface area (Å²) >= 11 is 0. The number of rotatable bonds is 3. The fraction of sp³-hybridized carbons (Fsp3) is 0.489. The van der Waals surface area contributed by atoms with Crippen molar-refractivity contribution in [3.63, 3.8) is 0 Å². The van der Waals surface area contributed by atoms with Gasteiger partial charge in [-0.05, 0) is 58.0 Å². The van der Waals surface area contributed by atoms with E-state index in [1.54, 1.807) is 52.8 Å². The Morgan fingerprint density at radius 2 is 1.69 bits per heavy atom. The van der Waals surface area contributed by atoms with Crippen LogP contribution in [0.5, 0.6) is 11.5 Å². The largest absolute Gasteiger partial charge is 0.505 e. The maximum atomic E-state index is 14.4. The van der Waals surface area contributed by atoms with Gasteiger partial charge in [-0.25, -0.2) is 4.98 Å². The standard InChI is InChI=1S/C47H57N3O12/c1-22-13-12-14-23(2)46(57)49-37-41(55)34-33(36-44(37)61-32-21-29(15-16-30(32)48-36)50-18-10-11-19-50)35-43(27(6)40(34)54)62-47(8,45(35)56)59-20-17-31(58-9)24(3)42(60-28(7)51)26(5)39(53)25(4)38(22)52/h12-17,20-22,24-26,29,31,38-39,42,52-53,55-56H,10-11,18-19H2,1-9H3,(H,49,57)/b13-12+,20-17+,23-14-/t22-,24+,25+,26+,29?,31-,38-,39+,42+,47-/m0/s1. The number of carbonyl (C=O) groups excluding carboxylic acids is 2. The monoisotopic (exact) mass is 855 g/mol. The van der Waals surface area contributed by atoms with Crippen molar-refractivity contribution in [1.82, 2.24) is 9.88 Å². The van der Waals surface area contributed by atoms with Crippen LogP contribution in [0.1, 0.15) is 72.6 Å². The molecule has 0 spiro atoms. The van der Waals surface area contributed by atoms with Gasteiger partial charge in [-0.1, -0.05) is 52.0 Å². The van der Waals surface area contributed by atoms with Crippen molar-refractivity contribution >= 4 is 57.3 Å². The van der Waals surface area contributed by atoms with E-state index in [-0.39, 0.29) is 55.7 Å². The van der Waals surface area contributed by atoms with Gasteiger partial charge in [0.05, 0.1) is 41.2 Å². The number of aliphatic hydroxyl groups is 3. The average Bonchev–Trinajstić information content (AvgIpc) is 3.88. The minimum atomic E-state index is -1.91. The van der Waals surface area contributed by atoms with Gasteiger partial charge in [0.1, 0.15) is 28.8 Å². The molecule has 62 heavy (non-hydrogen) atoms. The molecule has 332 valence electrons. The minimum Gasteiger partial charge on any atom is -0.505 e. The topological polar surface area (TPSA) is 210 Å². The second kappa shape index (κ2) is 17.4. The van der Waals surface area contributed by atoms with Gasteiger partial charge in [0.2, 0.25) is 0 Å². The van der Waals surface area contributed by atoms with Crippen LogP contribution in [0.3, 0.4) is 0 Å². The first-order chi connectivity index (χ1) is 29.4. The number of amides is 1. The zero-order valence-corrected chi connectivity index (χ0v) is 36.6. The summed E-state index contributed by atoms with van der Waals surface area (Å²) in [6, 6.07) is -0.0771. The Kier molecular flexibility index (Phi) is 12.5. The van der Waals surface area contributed by atoms with Crippen LogP contribution in [0.4, 0.5) is 5.69 Å². The SMILES string of the molecule is CO[C@H]1/C=C/O[C@@]2(C)Oc3c(C)c(=O)c4c(O)c(c5oc6c(nc5c4c3=C2O)C=CC(N2CCCC2)C=6)NC(=O)/C(C)=C\C=C\[C@H](C)[C@H](O)[C@@H](C)[C@@H](O)[C@@H](C)[C@H](OC(C)=O)[C@@H]1C. The number of aromatic nitrogens is 1. The van der Waals surface area contributed by atoms with Crippen LogP contribution in [0.25, 0.3) is 39.8 Å². The quantitative estimate of drug-likeness (QED) is 0.139. The first-order valence-electron chi connectivity index (χ1n) is 21.2. The third-order valence-corrected chi connectivity index (χ3v) is 13.0. The van der Waals surface area contributed by atoms with E-state index in [9.17, 15) is 34.8 Å². The van der Waals surface area contributed by atoms with Crippen LogP contribution in [0.2, 0.25) is 0 Å². The summed E-state index contributed by atoms with van der Waals surface area (Å²) in [5.74, 6) is -6.55. The highest BCUT2D eigenvalue weighted by molar-refractivity contribution is 6.18. The molecule has 4 heterocycles. The molecule has 2 aromatic carbocycles. The van der Waals surface area contributed by atoms with Gasteiger partial charge in [0, 0.05) is 61.2 Å². The molecule has 4 aliphatic rings. The number of ether oxygens (including phenoxy) is 4. The van der Waals surface area contributed by atoms with E-state index in [0.717, 1.165) is 25.9 Å². The Balaban J connectivity index is 1.46. The fourth-order valence-corrected chi connectivity index (χ4v) is 9.14. The van der Waals surface area contributed by atoms with Gasteiger partial charge in [-0.2, -0.15) is 0 Å². The molecule has 3 aromatic rings. The van der Waals surface area contributed by atoms with Crippen molar-refractivity contribution in [1.29, 1.82) is 0 Å². The highest BCUT2D eigenvalue weighted by Gasteiger charge is 2.44. The number of nitrogens with zero attached hydrogens (tertiary/aromatic N) is 2. The number of hydrogen-bond acceptors (Lipinski definition) is 14. The number of phenols is 1. The minimum absolute atomic E-state index is 0.000116. The second-order valence-corrected chi connectivity index (χ2v) is 17.3. The molecule has 1 aromatic heterocycles. The Hall–Kier alpha value is -5.48. The Morgan fingerprint density at radius 1 is 0.984 bits per heavy atom. The lowest BCUT2D eigenvalue weighted by molar-refractivity contribution is -0.160. The Labute approximate surface area is 359 Å². The molecule has 15 nitrogen and oxygen atoms in total. The second-order valence-electron chi connectivity index (χ2n) is 17.3. The molecule has 1 amide bonds. The highest BCUT2D eigenvalue weighted by atomic mass is 16.7. The van der Waals surface area contributed by atoms with Gasteiger partial charge < -0.3 is 49.1 Å². The molecule has 1 saturated heterocycles. The summed E-state index contributed by atoms with van der Waals surface area (Å²) in [5.41, 5.74) is 0.287. The summed E-state index contributed by atoms with van der Waals surface area (Å²) in [5, 5.41) is 49.8. The number of carbonyl (C=O) groups is 2. The number of aliphatic hydroxyl groups excluding tert-OH is 3. The van der Waals surface area contributed by atoms with E-state index in [0.29, 0.717) is 11.1 Å². The highest BCUT2D eigenvalue weighted by Crippen LogP contribution is 2.42. The van der Waals surface area contributed by atoms with Crippen LogP contribution < -0.4 is 26.1 Å². The van der Waals surface area contributed by atoms with Gasteiger partial charge in [-0.15, -0.1) is 0 Å². The normalized spacial score (nSPS) is 32.7. The molecule has 0 radical (unpaired) electrons. The molecule has 1 aliphatic carbocycles. The number of allylic oxidation sites excluding steroid dienone is 2. The molecule has 5 N–H and O–H groups in total. The third-order valence-electron chi connectivity index (χ3n) is 13.0. The first-order valence-corrected chi connectivity index (χ1v) is 21.2. The van der Waals surface area contributed by atoms with E-state index in [1.165, 1.54) is 40.2 Å². The van der Waals surface area contributed by atoms with Crippen molar-refractivity contribution in [2.75, 3.05) is 25.5 Å². The molecule has 15 heteroatoms. The summed E-state index contributed by atoms with van der Waals surface area (Å²) in [6.45, 7) is 14.6. The summed E-state index contributed by atoms with van der Waals surface area (Å²) in [6.07, 6.45) is 11.8. The van der Waals surface area contributed by atoms with Crippen LogP contribution >= 0.6 is 0 Å². The van der Waals surface area contributed by atoms with E-state index in [4.69, 9.17) is 28.3 Å². The molecule has 0 saturated carbocycles. The van der Waals surface area contributed by atoms with Crippen molar-refractivity contribution in [2.45, 2.75) is 104 Å². The van der Waals surface area contributed by atoms with Crippen LogP contribution in [-0.4, -0.2) is 98.6 Å². The van der Waals surface area contributed by atoms with Crippen molar-refractivity contribution in [3.8, 4) is 11.5 Å². The van der Waals surface area contributed by atoms with E-state index >= 15 is 0 Å². The van der Waals surface area contributed by atoms with Crippen LogP contribution in [0.15, 0.2) is 51.4 Å². The number of fused-ring (bicyclic) bond motifs is 2. The van der Waals surface area contributed by atoms with E-state index < -0.39 is 82.7 Å². The lowest BCUT2D eigenvalue weighted by atomic mass is 9.78. The number of likely N-dealkylation sites (tertiary alicyclic amines) is 1. The number of anilines is 1. The molecule has 1 unspecified atom stereocenters. The molecule has 10 atom stereocenters. The average molecular weight is 856 g/mol. The van der Waals surface area contributed by atoms with Crippen molar-refractivity contribution in [3.05, 3.63) is 74.3 Å². The van der Waals surface area contributed by atoms with Crippen LogP contribution in [-0.2, 0) is 23.8 Å². The molecule has 7 rings (SSSR count). The molecular weight excluding hydrogens is 799 g/mol. The lowest BCUT2D eigenvalue weighted by Crippen LogP contribution is -2.46. The van der Waals surface area contributed by atoms with Gasteiger partial charge >= 0.3 is 11.8 Å². The van der Waals surface area contributed by atoms with Gasteiger partial charge in [0.15, 0.2) is 27.9 Å². The Bertz CT molecular complexity index is 2610. The predicted octanol–water partition coefficient (Wildman–Crippen LogP) is 4.60. The van der Waals surface area contributed by atoms with E-state index in [2.05, 4.69) is 10.2 Å². The maximum Gasteiger partial charge on any atom is 0.307 e. The first kappa shape index (κ1) is 44.6. The summed E-state index contributed by atoms with van der Waals surface area (Å²) in [4.78, 5) is 48.0. The van der Waals surface area contributed by atoms with Crippen molar-refractivity contribution in [2.24, 2.45) is 23.7 Å². The van der Waals surface area contributed by atoms with Crippen molar-refractivity contribution < 1.29 is 53.4 Å². The molecule has 3 aliphatic heterocycles. The van der Waals surface area contributed by atoms with Gasteiger partial charge in [-0.3, -0.25) is 19.3 Å². The lowest BCUT2D eigenvalue weighted by Gasteiger charge is -2.38. The Morgan fingerprint density at radius 3 is 2.37 bits per heavy atom. The fourth-order valence-electron chi connectivity index (χ4n) is 9.14. The van der Waals surface area contributed by atoms with Gasteiger partial charge in [0.25, 0.3) is 5.91 Å².